The van der Waals surface area contributed by atoms with E-state index in [9.17, 15) is 18.0 Å². The standard InChI is InChI=1S/C28H55ClN2O5S/c1-3-4-5-6-7-8-9-10-11-12-13-14-15-16-17-18-21-30-28(33)36-25-27(23-26(2)32)24-31-37(34,35)22-19-20-29/h27,31H,3-25H2,1-2H3,(H,30,33). The normalized spacial score (nSPS) is 12.4. The van der Waals surface area contributed by atoms with Gasteiger partial charge in [-0.2, -0.15) is 0 Å². The first-order valence-corrected chi connectivity index (χ1v) is 16.9. The van der Waals surface area contributed by atoms with Gasteiger partial charge < -0.3 is 14.8 Å². The fourth-order valence-electron chi connectivity index (χ4n) is 4.27. The molecule has 1 amide bonds. The highest BCUT2D eigenvalue weighted by molar-refractivity contribution is 7.89. The maximum Gasteiger partial charge on any atom is 0.407 e. The molecule has 220 valence electrons. The fourth-order valence-corrected chi connectivity index (χ4v) is 5.72. The average Bonchev–Trinajstić information content (AvgIpc) is 2.86. The zero-order chi connectivity index (χ0) is 27.6. The van der Waals surface area contributed by atoms with Crippen molar-refractivity contribution < 1.29 is 22.7 Å². The number of sulfonamides is 1. The molecule has 0 aliphatic heterocycles. The number of halogens is 1. The summed E-state index contributed by atoms with van der Waals surface area (Å²) in [4.78, 5) is 23.5. The van der Waals surface area contributed by atoms with Crippen molar-refractivity contribution in [2.24, 2.45) is 5.92 Å². The second kappa shape index (κ2) is 25.4. The molecule has 37 heavy (non-hydrogen) atoms. The van der Waals surface area contributed by atoms with Gasteiger partial charge in [-0.25, -0.2) is 17.9 Å². The number of ether oxygens (including phenoxy) is 1. The predicted molar refractivity (Wildman–Crippen MR) is 155 cm³/mol. The van der Waals surface area contributed by atoms with Crippen molar-refractivity contribution in [1.82, 2.24) is 10.0 Å². The van der Waals surface area contributed by atoms with E-state index >= 15 is 0 Å². The van der Waals surface area contributed by atoms with E-state index in [0.29, 0.717) is 13.0 Å². The van der Waals surface area contributed by atoms with E-state index in [1.165, 1.54) is 96.8 Å². The van der Waals surface area contributed by atoms with Gasteiger partial charge in [0.05, 0.1) is 12.4 Å². The molecule has 0 fully saturated rings. The number of Topliss-reactive ketones (excluding diaryl/α,β-unsaturated/α-hetero) is 1. The van der Waals surface area contributed by atoms with Crippen LogP contribution in [0.4, 0.5) is 4.79 Å². The van der Waals surface area contributed by atoms with Gasteiger partial charge in [0.15, 0.2) is 0 Å². The van der Waals surface area contributed by atoms with Gasteiger partial charge in [0, 0.05) is 31.3 Å². The quantitative estimate of drug-likeness (QED) is 0.0814. The van der Waals surface area contributed by atoms with Crippen LogP contribution in [-0.4, -0.2) is 51.6 Å². The third-order valence-corrected chi connectivity index (χ3v) is 8.16. The van der Waals surface area contributed by atoms with Gasteiger partial charge in [0.2, 0.25) is 10.0 Å². The Morgan fingerprint density at radius 2 is 1.27 bits per heavy atom. The molecule has 0 aromatic heterocycles. The zero-order valence-corrected chi connectivity index (χ0v) is 25.2. The Bertz CT molecular complexity index is 661. The number of nitrogens with one attached hydrogen (secondary N) is 2. The average molecular weight is 567 g/mol. The lowest BCUT2D eigenvalue weighted by Crippen LogP contribution is -2.35. The number of hydrogen-bond acceptors (Lipinski definition) is 5. The molecule has 0 bridgehead atoms. The number of rotatable bonds is 27. The van der Waals surface area contributed by atoms with E-state index < -0.39 is 22.0 Å². The summed E-state index contributed by atoms with van der Waals surface area (Å²) in [5.74, 6) is -0.281. The third kappa shape index (κ3) is 26.5. The van der Waals surface area contributed by atoms with Crippen LogP contribution in [0.3, 0.4) is 0 Å². The Morgan fingerprint density at radius 3 is 1.73 bits per heavy atom. The van der Waals surface area contributed by atoms with Gasteiger partial charge >= 0.3 is 6.09 Å². The molecule has 0 aromatic carbocycles. The van der Waals surface area contributed by atoms with Crippen LogP contribution in [0, 0.1) is 5.92 Å². The smallest absolute Gasteiger partial charge is 0.407 e. The van der Waals surface area contributed by atoms with Crippen molar-refractivity contribution in [1.29, 1.82) is 0 Å². The SMILES string of the molecule is CCCCCCCCCCCCCCCCCCNC(=O)OCC(CNS(=O)(=O)CCCCl)CC(C)=O. The summed E-state index contributed by atoms with van der Waals surface area (Å²) in [7, 11) is -3.45. The highest BCUT2D eigenvalue weighted by Crippen LogP contribution is 2.13. The highest BCUT2D eigenvalue weighted by atomic mass is 35.5. The molecule has 0 aliphatic rings. The first-order chi connectivity index (χ1) is 17.8. The van der Waals surface area contributed by atoms with Gasteiger partial charge in [-0.1, -0.05) is 103 Å². The number of amides is 1. The summed E-state index contributed by atoms with van der Waals surface area (Å²) in [5.41, 5.74) is 0. The Balaban J connectivity index is 3.68. The van der Waals surface area contributed by atoms with Gasteiger partial charge in [-0.05, 0) is 19.8 Å². The molecule has 0 radical (unpaired) electrons. The summed E-state index contributed by atoms with van der Waals surface area (Å²) in [6.45, 7) is 4.30. The molecular weight excluding hydrogens is 512 g/mol. The molecule has 7 nitrogen and oxygen atoms in total. The Kier molecular flexibility index (Phi) is 24.8. The summed E-state index contributed by atoms with van der Waals surface area (Å²) in [6.07, 6.45) is 20.8. The van der Waals surface area contributed by atoms with Crippen molar-refractivity contribution in [2.75, 3.05) is 31.3 Å². The van der Waals surface area contributed by atoms with Crippen LogP contribution in [0.2, 0.25) is 0 Å². The number of ketones is 1. The third-order valence-electron chi connectivity index (χ3n) is 6.46. The van der Waals surface area contributed by atoms with Crippen molar-refractivity contribution in [3.8, 4) is 0 Å². The molecule has 0 rings (SSSR count). The zero-order valence-electron chi connectivity index (χ0n) is 23.7. The molecule has 0 heterocycles. The first-order valence-electron chi connectivity index (χ1n) is 14.7. The highest BCUT2D eigenvalue weighted by Gasteiger charge is 2.18. The van der Waals surface area contributed by atoms with E-state index in [1.54, 1.807) is 0 Å². The van der Waals surface area contributed by atoms with Crippen LogP contribution >= 0.6 is 11.6 Å². The lowest BCUT2D eigenvalue weighted by atomic mass is 10.0. The topological polar surface area (TPSA) is 102 Å². The molecular formula is C28H55ClN2O5S. The minimum absolute atomic E-state index is 0.0115. The number of alkyl carbamates (subject to hydrolysis) is 1. The molecule has 0 aliphatic carbocycles. The first kappa shape index (κ1) is 36.1. The van der Waals surface area contributed by atoms with Gasteiger partial charge in [0.25, 0.3) is 0 Å². The van der Waals surface area contributed by atoms with E-state index in [2.05, 4.69) is 17.0 Å². The molecule has 1 unspecified atom stereocenters. The number of carbonyl (C=O) groups excluding carboxylic acids is 2. The van der Waals surface area contributed by atoms with Crippen molar-refractivity contribution in [2.45, 2.75) is 129 Å². The molecule has 2 N–H and O–H groups in total. The largest absolute Gasteiger partial charge is 0.449 e. The number of hydrogen-bond donors (Lipinski definition) is 2. The number of carbonyl (C=O) groups is 2. The Morgan fingerprint density at radius 1 is 0.784 bits per heavy atom. The van der Waals surface area contributed by atoms with Gasteiger partial charge in [0.1, 0.15) is 5.78 Å². The molecule has 0 aromatic rings. The maximum atomic E-state index is 12.0. The molecule has 0 saturated heterocycles. The minimum atomic E-state index is -3.45. The van der Waals surface area contributed by atoms with Crippen molar-refractivity contribution in [3.63, 3.8) is 0 Å². The Labute approximate surface area is 232 Å². The predicted octanol–water partition coefficient (Wildman–Crippen LogP) is 7.12. The summed E-state index contributed by atoms with van der Waals surface area (Å²) < 4.78 is 31.6. The second-order valence-electron chi connectivity index (χ2n) is 10.3. The van der Waals surface area contributed by atoms with Crippen molar-refractivity contribution in [3.05, 3.63) is 0 Å². The van der Waals surface area contributed by atoms with Crippen LogP contribution in [-0.2, 0) is 19.6 Å². The monoisotopic (exact) mass is 566 g/mol. The van der Waals surface area contributed by atoms with E-state index in [1.807, 2.05) is 0 Å². The van der Waals surface area contributed by atoms with E-state index in [-0.39, 0.29) is 37.0 Å². The molecule has 1 atom stereocenters. The second-order valence-corrected chi connectivity index (χ2v) is 12.6. The van der Waals surface area contributed by atoms with Crippen LogP contribution in [0.1, 0.15) is 129 Å². The van der Waals surface area contributed by atoms with Gasteiger partial charge in [-0.15, -0.1) is 11.6 Å². The van der Waals surface area contributed by atoms with E-state index in [0.717, 1.165) is 12.8 Å². The molecule has 0 spiro atoms. The number of alkyl halides is 1. The fraction of sp³-hybridized carbons (Fsp3) is 0.929. The van der Waals surface area contributed by atoms with Crippen LogP contribution in [0.5, 0.6) is 0 Å². The van der Waals surface area contributed by atoms with Crippen LogP contribution < -0.4 is 10.0 Å². The molecule has 0 saturated carbocycles. The number of unbranched alkanes of at least 4 members (excludes halogenated alkanes) is 15. The summed E-state index contributed by atoms with van der Waals surface area (Å²) in [6, 6.07) is 0. The lowest BCUT2D eigenvalue weighted by molar-refractivity contribution is -0.118. The lowest BCUT2D eigenvalue weighted by Gasteiger charge is -2.17. The van der Waals surface area contributed by atoms with Gasteiger partial charge in [-0.3, -0.25) is 0 Å². The van der Waals surface area contributed by atoms with Crippen LogP contribution in [0.25, 0.3) is 0 Å². The minimum Gasteiger partial charge on any atom is -0.449 e. The van der Waals surface area contributed by atoms with Crippen molar-refractivity contribution >= 4 is 33.5 Å². The summed E-state index contributed by atoms with van der Waals surface area (Å²) >= 11 is 5.55. The summed E-state index contributed by atoms with van der Waals surface area (Å²) in [5, 5.41) is 2.74. The van der Waals surface area contributed by atoms with Crippen LogP contribution in [0.15, 0.2) is 0 Å². The molecule has 9 heteroatoms. The Hall–Kier alpha value is -0.860. The van der Waals surface area contributed by atoms with E-state index in [4.69, 9.17) is 16.3 Å². The maximum absolute atomic E-state index is 12.0.